The van der Waals surface area contributed by atoms with Crippen molar-refractivity contribution in [3.05, 3.63) is 64.6 Å². The highest BCUT2D eigenvalue weighted by molar-refractivity contribution is 9.10. The zero-order valence-corrected chi connectivity index (χ0v) is 12.8. The Bertz CT molecular complexity index is 572. The van der Waals surface area contributed by atoms with Gasteiger partial charge in [-0.2, -0.15) is 0 Å². The lowest BCUT2D eigenvalue weighted by Crippen LogP contribution is -2.31. The van der Waals surface area contributed by atoms with Gasteiger partial charge in [0.25, 0.3) is 5.91 Å². The van der Waals surface area contributed by atoms with Gasteiger partial charge in [-0.3, -0.25) is 4.79 Å². The fourth-order valence-electron chi connectivity index (χ4n) is 1.76. The summed E-state index contributed by atoms with van der Waals surface area (Å²) in [6, 6.07) is 17.0. The second-order valence-corrected chi connectivity index (χ2v) is 5.22. The van der Waals surface area contributed by atoms with E-state index in [-0.39, 0.29) is 5.91 Å². The molecule has 2 aromatic carbocycles. The third kappa shape index (κ3) is 3.84. The molecule has 4 heteroatoms. The van der Waals surface area contributed by atoms with Crippen LogP contribution in [-0.2, 0) is 0 Å². The maximum absolute atomic E-state index is 12.2. The monoisotopic (exact) mass is 333 g/mol. The van der Waals surface area contributed by atoms with Crippen LogP contribution in [0.15, 0.2) is 59.1 Å². The molecule has 0 unspecified atom stereocenters. The smallest absolute Gasteiger partial charge is 0.254 e. The van der Waals surface area contributed by atoms with Crippen molar-refractivity contribution in [2.24, 2.45) is 0 Å². The largest absolute Gasteiger partial charge is 0.492 e. The Morgan fingerprint density at radius 2 is 1.75 bits per heavy atom. The average molecular weight is 334 g/mol. The Labute approximate surface area is 127 Å². The molecule has 0 N–H and O–H groups in total. The lowest BCUT2D eigenvalue weighted by Gasteiger charge is -2.18. The number of carbonyl (C=O) groups excluding carboxylic acids is 1. The maximum Gasteiger partial charge on any atom is 0.254 e. The van der Waals surface area contributed by atoms with Crippen LogP contribution < -0.4 is 4.74 Å². The third-order valence-corrected chi connectivity index (χ3v) is 3.58. The van der Waals surface area contributed by atoms with E-state index in [1.54, 1.807) is 18.0 Å². The second-order valence-electron chi connectivity index (χ2n) is 4.37. The van der Waals surface area contributed by atoms with Gasteiger partial charge >= 0.3 is 0 Å². The Balaban J connectivity index is 1.87. The molecule has 0 bridgehead atoms. The number of nitrogens with zero attached hydrogens (tertiary/aromatic N) is 1. The van der Waals surface area contributed by atoms with Crippen molar-refractivity contribution in [3.8, 4) is 5.75 Å². The number of benzene rings is 2. The van der Waals surface area contributed by atoms with E-state index in [2.05, 4.69) is 15.9 Å². The summed E-state index contributed by atoms with van der Waals surface area (Å²) in [5.41, 5.74) is 0.662. The number of amides is 1. The fourth-order valence-corrected chi connectivity index (χ4v) is 2.21. The van der Waals surface area contributed by atoms with Gasteiger partial charge in [0.05, 0.1) is 12.1 Å². The van der Waals surface area contributed by atoms with Crippen LogP contribution in [0.3, 0.4) is 0 Å². The molecule has 0 aliphatic rings. The fraction of sp³-hybridized carbons (Fsp3) is 0.188. The van der Waals surface area contributed by atoms with E-state index < -0.39 is 0 Å². The predicted molar refractivity (Wildman–Crippen MR) is 83.0 cm³/mol. The van der Waals surface area contributed by atoms with Crippen LogP contribution in [0, 0.1) is 0 Å². The van der Waals surface area contributed by atoms with Crippen LogP contribution in [0.2, 0.25) is 0 Å². The summed E-state index contributed by atoms with van der Waals surface area (Å²) >= 11 is 3.39. The molecule has 2 rings (SSSR count). The summed E-state index contributed by atoms with van der Waals surface area (Å²) in [5, 5.41) is 0. The number of carbonyl (C=O) groups is 1. The van der Waals surface area contributed by atoms with Gasteiger partial charge in [0, 0.05) is 11.5 Å². The average Bonchev–Trinajstić information content (AvgIpc) is 2.48. The van der Waals surface area contributed by atoms with E-state index in [1.807, 2.05) is 48.5 Å². The molecule has 104 valence electrons. The number of hydrogen-bond acceptors (Lipinski definition) is 2. The molecule has 0 aliphatic carbocycles. The summed E-state index contributed by atoms with van der Waals surface area (Å²) in [7, 11) is 1.77. The van der Waals surface area contributed by atoms with Gasteiger partial charge in [0.1, 0.15) is 12.4 Å². The Morgan fingerprint density at radius 3 is 2.45 bits per heavy atom. The van der Waals surface area contributed by atoms with E-state index in [1.165, 1.54) is 0 Å². The van der Waals surface area contributed by atoms with E-state index in [4.69, 9.17) is 4.74 Å². The van der Waals surface area contributed by atoms with Crippen molar-refractivity contribution in [1.29, 1.82) is 0 Å². The van der Waals surface area contributed by atoms with Gasteiger partial charge < -0.3 is 9.64 Å². The molecule has 3 nitrogen and oxygen atoms in total. The van der Waals surface area contributed by atoms with Crippen LogP contribution in [-0.4, -0.2) is 31.0 Å². The number of ether oxygens (including phenoxy) is 1. The highest BCUT2D eigenvalue weighted by Gasteiger charge is 2.13. The zero-order valence-electron chi connectivity index (χ0n) is 11.3. The van der Waals surface area contributed by atoms with Crippen molar-refractivity contribution in [2.45, 2.75) is 0 Å². The minimum absolute atomic E-state index is 0.0193. The second kappa shape index (κ2) is 7.10. The van der Waals surface area contributed by atoms with E-state index in [0.29, 0.717) is 18.7 Å². The predicted octanol–water partition coefficient (Wildman–Crippen LogP) is 3.60. The quantitative estimate of drug-likeness (QED) is 0.836. The summed E-state index contributed by atoms with van der Waals surface area (Å²) in [5.74, 6) is 0.795. The first-order valence-corrected chi connectivity index (χ1v) is 7.15. The van der Waals surface area contributed by atoms with E-state index >= 15 is 0 Å². The summed E-state index contributed by atoms with van der Waals surface area (Å²) < 4.78 is 6.39. The third-order valence-electron chi connectivity index (χ3n) is 2.89. The highest BCUT2D eigenvalue weighted by Crippen LogP contribution is 2.17. The van der Waals surface area contributed by atoms with Crippen molar-refractivity contribution >= 4 is 21.8 Å². The summed E-state index contributed by atoms with van der Waals surface area (Å²) in [6.07, 6.45) is 0. The SMILES string of the molecule is CN(CCOc1ccccc1)C(=O)c1ccccc1Br. The van der Waals surface area contributed by atoms with Gasteiger partial charge in [0.15, 0.2) is 0 Å². The molecule has 1 amide bonds. The van der Waals surface area contributed by atoms with Gasteiger partial charge in [-0.05, 0) is 40.2 Å². The molecule has 0 saturated carbocycles. The maximum atomic E-state index is 12.2. The van der Waals surface area contributed by atoms with Crippen molar-refractivity contribution in [2.75, 3.05) is 20.2 Å². The lowest BCUT2D eigenvalue weighted by molar-refractivity contribution is 0.0773. The van der Waals surface area contributed by atoms with Crippen molar-refractivity contribution in [3.63, 3.8) is 0 Å². The number of rotatable bonds is 5. The molecule has 0 radical (unpaired) electrons. The number of halogens is 1. The van der Waals surface area contributed by atoms with Crippen LogP contribution in [0.25, 0.3) is 0 Å². The molecule has 0 heterocycles. The van der Waals surface area contributed by atoms with Crippen molar-refractivity contribution in [1.82, 2.24) is 4.90 Å². The molecular formula is C16H16BrNO2. The van der Waals surface area contributed by atoms with E-state index in [9.17, 15) is 4.79 Å². The Kier molecular flexibility index (Phi) is 5.18. The molecule has 0 atom stereocenters. The molecule has 20 heavy (non-hydrogen) atoms. The van der Waals surface area contributed by atoms with Gasteiger partial charge in [-0.15, -0.1) is 0 Å². The zero-order chi connectivity index (χ0) is 14.4. The topological polar surface area (TPSA) is 29.5 Å². The first-order valence-electron chi connectivity index (χ1n) is 6.36. The summed E-state index contributed by atoms with van der Waals surface area (Å²) in [6.45, 7) is 1.01. The molecule has 0 saturated heterocycles. The van der Waals surface area contributed by atoms with Crippen LogP contribution >= 0.6 is 15.9 Å². The van der Waals surface area contributed by atoms with Crippen molar-refractivity contribution < 1.29 is 9.53 Å². The standard InChI is InChI=1S/C16H16BrNO2/c1-18(11-12-20-13-7-3-2-4-8-13)16(19)14-9-5-6-10-15(14)17/h2-10H,11-12H2,1H3. The normalized spacial score (nSPS) is 10.1. The molecule has 0 aromatic heterocycles. The first-order chi connectivity index (χ1) is 9.68. The highest BCUT2D eigenvalue weighted by atomic mass is 79.9. The Hall–Kier alpha value is -1.81. The minimum atomic E-state index is -0.0193. The summed E-state index contributed by atoms with van der Waals surface area (Å²) in [4.78, 5) is 13.9. The molecular weight excluding hydrogens is 318 g/mol. The molecule has 2 aromatic rings. The van der Waals surface area contributed by atoms with Crippen LogP contribution in [0.4, 0.5) is 0 Å². The van der Waals surface area contributed by atoms with Gasteiger partial charge in [-0.25, -0.2) is 0 Å². The van der Waals surface area contributed by atoms with Crippen LogP contribution in [0.1, 0.15) is 10.4 Å². The Morgan fingerprint density at radius 1 is 1.10 bits per heavy atom. The number of likely N-dealkylation sites (N-methyl/N-ethyl adjacent to an activating group) is 1. The van der Waals surface area contributed by atoms with Gasteiger partial charge in [-0.1, -0.05) is 30.3 Å². The first kappa shape index (κ1) is 14.6. The molecule has 0 aliphatic heterocycles. The van der Waals surface area contributed by atoms with Crippen LogP contribution in [0.5, 0.6) is 5.75 Å². The molecule has 0 spiro atoms. The lowest BCUT2D eigenvalue weighted by atomic mass is 10.2. The molecule has 0 fully saturated rings. The van der Waals surface area contributed by atoms with E-state index in [0.717, 1.165) is 10.2 Å². The number of para-hydroxylation sites is 1. The van der Waals surface area contributed by atoms with Gasteiger partial charge in [0.2, 0.25) is 0 Å². The number of hydrogen-bond donors (Lipinski definition) is 0. The minimum Gasteiger partial charge on any atom is -0.492 e.